The van der Waals surface area contributed by atoms with E-state index in [1.54, 1.807) is 18.2 Å². The van der Waals surface area contributed by atoms with Gasteiger partial charge in [0.1, 0.15) is 5.84 Å². The maximum Gasteiger partial charge on any atom is 0.263 e. The molecule has 0 radical (unpaired) electrons. The number of sulfonamides is 1. The minimum atomic E-state index is -3.43. The minimum Gasteiger partial charge on any atom is -0.330 e. The Labute approximate surface area is 120 Å². The second-order valence-corrected chi connectivity index (χ2v) is 6.67. The predicted molar refractivity (Wildman–Crippen MR) is 80.2 cm³/mol. The molecule has 1 atom stereocenters. The van der Waals surface area contributed by atoms with Gasteiger partial charge in [-0.2, -0.15) is 0 Å². The average molecular weight is 295 g/mol. The molecular formula is C14H21N3O2S. The molecule has 1 aliphatic heterocycles. The third-order valence-electron chi connectivity index (χ3n) is 3.44. The zero-order chi connectivity index (χ0) is 14.6. The van der Waals surface area contributed by atoms with Gasteiger partial charge in [-0.15, -0.1) is 0 Å². The molecule has 0 aromatic heterocycles. The summed E-state index contributed by atoms with van der Waals surface area (Å²) < 4.78 is 26.4. The van der Waals surface area contributed by atoms with E-state index in [9.17, 15) is 8.42 Å². The van der Waals surface area contributed by atoms with Crippen molar-refractivity contribution in [3.8, 4) is 0 Å². The lowest BCUT2D eigenvalue weighted by atomic mass is 10.00. The number of hydrogen-bond acceptors (Lipinski definition) is 4. The summed E-state index contributed by atoms with van der Waals surface area (Å²) in [7, 11) is -3.43. The molecule has 1 unspecified atom stereocenters. The van der Waals surface area contributed by atoms with Crippen LogP contribution in [0.2, 0.25) is 0 Å². The van der Waals surface area contributed by atoms with Gasteiger partial charge >= 0.3 is 0 Å². The van der Waals surface area contributed by atoms with Gasteiger partial charge in [-0.25, -0.2) is 8.42 Å². The first-order chi connectivity index (χ1) is 9.58. The molecule has 110 valence electrons. The van der Waals surface area contributed by atoms with E-state index in [4.69, 9.17) is 5.73 Å². The molecular weight excluding hydrogens is 274 g/mol. The molecule has 0 spiro atoms. The van der Waals surface area contributed by atoms with E-state index in [1.807, 2.05) is 6.07 Å². The molecule has 0 fully saturated rings. The number of fused-ring (bicyclic) bond motifs is 1. The molecule has 3 N–H and O–H groups in total. The van der Waals surface area contributed by atoms with Crippen molar-refractivity contribution in [3.63, 3.8) is 0 Å². The lowest BCUT2D eigenvalue weighted by molar-refractivity contribution is 0.462. The molecule has 0 aliphatic carbocycles. The summed E-state index contributed by atoms with van der Waals surface area (Å²) in [5, 5.41) is 0. The topological polar surface area (TPSA) is 84.5 Å². The number of nitrogens with zero attached hydrogens (tertiary/aromatic N) is 1. The molecule has 6 heteroatoms. The van der Waals surface area contributed by atoms with Crippen LogP contribution in [0.1, 0.15) is 31.7 Å². The van der Waals surface area contributed by atoms with Gasteiger partial charge in [0.15, 0.2) is 0 Å². The summed E-state index contributed by atoms with van der Waals surface area (Å²) in [6, 6.07) is 6.92. The summed E-state index contributed by atoms with van der Waals surface area (Å²) in [5.41, 5.74) is 6.27. The van der Waals surface area contributed by atoms with Crippen molar-refractivity contribution in [2.24, 2.45) is 16.6 Å². The number of aliphatic imine (C=N–C) groups is 1. The van der Waals surface area contributed by atoms with Gasteiger partial charge < -0.3 is 5.73 Å². The Balaban J connectivity index is 2.20. The van der Waals surface area contributed by atoms with Crippen LogP contribution < -0.4 is 10.5 Å². The number of nitrogens with two attached hydrogens (primary N) is 1. The van der Waals surface area contributed by atoms with Gasteiger partial charge in [-0.3, -0.25) is 9.71 Å². The lowest BCUT2D eigenvalue weighted by Gasteiger charge is -2.12. The molecule has 1 aliphatic rings. The molecule has 2 rings (SSSR count). The van der Waals surface area contributed by atoms with E-state index in [0.717, 1.165) is 19.3 Å². The van der Waals surface area contributed by atoms with E-state index < -0.39 is 10.0 Å². The Kier molecular flexibility index (Phi) is 4.77. The molecule has 0 bridgehead atoms. The Morgan fingerprint density at radius 3 is 2.75 bits per heavy atom. The van der Waals surface area contributed by atoms with Gasteiger partial charge in [0.2, 0.25) is 0 Å². The zero-order valence-electron chi connectivity index (χ0n) is 11.7. The van der Waals surface area contributed by atoms with E-state index in [2.05, 4.69) is 16.6 Å². The fourth-order valence-electron chi connectivity index (χ4n) is 2.44. The number of nitrogens with one attached hydrogen (secondary N) is 1. The summed E-state index contributed by atoms with van der Waals surface area (Å²) >= 11 is 0. The van der Waals surface area contributed by atoms with Crippen molar-refractivity contribution < 1.29 is 8.42 Å². The summed E-state index contributed by atoms with van der Waals surface area (Å²) in [4.78, 5) is 4.78. The summed E-state index contributed by atoms with van der Waals surface area (Å²) in [5.74, 6) is 0.869. The van der Waals surface area contributed by atoms with E-state index in [0.29, 0.717) is 35.3 Å². The Hall–Kier alpha value is -1.40. The van der Waals surface area contributed by atoms with Crippen molar-refractivity contribution in [2.45, 2.75) is 31.1 Å². The van der Waals surface area contributed by atoms with Crippen LogP contribution in [-0.2, 0) is 10.0 Å². The molecule has 5 nitrogen and oxygen atoms in total. The van der Waals surface area contributed by atoms with Crippen molar-refractivity contribution in [1.29, 1.82) is 0 Å². The monoisotopic (exact) mass is 295 g/mol. The van der Waals surface area contributed by atoms with Gasteiger partial charge in [0.25, 0.3) is 10.0 Å². The van der Waals surface area contributed by atoms with Crippen molar-refractivity contribution >= 4 is 15.9 Å². The first kappa shape index (κ1) is 15.0. The maximum atomic E-state index is 11.9. The number of rotatable bonds is 6. The van der Waals surface area contributed by atoms with Gasteiger partial charge in [0, 0.05) is 12.1 Å². The molecule has 0 amide bonds. The first-order valence-electron chi connectivity index (χ1n) is 6.95. The predicted octanol–water partition coefficient (Wildman–Crippen LogP) is 1.49. The highest BCUT2D eigenvalue weighted by Crippen LogP contribution is 2.22. The van der Waals surface area contributed by atoms with E-state index in [-0.39, 0.29) is 0 Å². The van der Waals surface area contributed by atoms with Gasteiger partial charge in [0.05, 0.1) is 4.90 Å². The largest absolute Gasteiger partial charge is 0.330 e. The normalized spacial score (nSPS) is 19.6. The fraction of sp³-hybridized carbons (Fsp3) is 0.500. The van der Waals surface area contributed by atoms with E-state index in [1.165, 1.54) is 0 Å². The third kappa shape index (κ3) is 3.19. The zero-order valence-corrected chi connectivity index (χ0v) is 12.5. The van der Waals surface area contributed by atoms with Crippen LogP contribution in [0, 0.1) is 5.92 Å². The molecule has 20 heavy (non-hydrogen) atoms. The maximum absolute atomic E-state index is 11.9. The minimum absolute atomic E-state index is 0.310. The Bertz CT molecular complexity index is 590. The number of benzene rings is 1. The van der Waals surface area contributed by atoms with Crippen LogP contribution in [0.3, 0.4) is 0 Å². The van der Waals surface area contributed by atoms with Gasteiger partial charge in [-0.05, 0) is 37.4 Å². The third-order valence-corrected chi connectivity index (χ3v) is 4.84. The molecule has 1 aromatic rings. The second kappa shape index (κ2) is 6.37. The first-order valence-corrected chi connectivity index (χ1v) is 8.43. The number of amidine groups is 1. The van der Waals surface area contributed by atoms with Crippen molar-refractivity contribution in [1.82, 2.24) is 4.72 Å². The highest BCUT2D eigenvalue weighted by Gasteiger charge is 2.30. The van der Waals surface area contributed by atoms with Crippen molar-refractivity contribution in [2.75, 3.05) is 13.1 Å². The average Bonchev–Trinajstić information content (AvgIpc) is 2.69. The Morgan fingerprint density at radius 2 is 2.05 bits per heavy atom. The SMILES string of the molecule is CCCC(CCN)CN=C1NS(=O)(=O)c2ccccc21. The van der Waals surface area contributed by atoms with E-state index >= 15 is 0 Å². The summed E-state index contributed by atoms with van der Waals surface area (Å²) in [6.07, 6.45) is 3.05. The number of hydrogen-bond donors (Lipinski definition) is 2. The van der Waals surface area contributed by atoms with Crippen LogP contribution >= 0.6 is 0 Å². The highest BCUT2D eigenvalue weighted by molar-refractivity contribution is 7.90. The molecule has 0 saturated carbocycles. The lowest BCUT2D eigenvalue weighted by Crippen LogP contribution is -2.23. The molecule has 1 aromatic carbocycles. The van der Waals surface area contributed by atoms with Crippen LogP contribution in [0.15, 0.2) is 34.2 Å². The van der Waals surface area contributed by atoms with Crippen LogP contribution in [0.4, 0.5) is 0 Å². The Morgan fingerprint density at radius 1 is 1.30 bits per heavy atom. The molecule has 0 saturated heterocycles. The highest BCUT2D eigenvalue weighted by atomic mass is 32.2. The standard InChI is InChI=1S/C14H21N3O2S/c1-2-5-11(8-9-15)10-16-14-12-6-3-4-7-13(12)20(18,19)17-14/h3-4,6-7,11H,2,5,8-10,15H2,1H3,(H,16,17). The van der Waals surface area contributed by atoms with Crippen LogP contribution in [-0.4, -0.2) is 27.3 Å². The summed E-state index contributed by atoms with van der Waals surface area (Å²) in [6.45, 7) is 3.37. The van der Waals surface area contributed by atoms with Gasteiger partial charge in [-0.1, -0.05) is 25.5 Å². The smallest absolute Gasteiger partial charge is 0.263 e. The van der Waals surface area contributed by atoms with Crippen LogP contribution in [0.5, 0.6) is 0 Å². The van der Waals surface area contributed by atoms with Crippen molar-refractivity contribution in [3.05, 3.63) is 29.8 Å². The second-order valence-electron chi connectivity index (χ2n) is 5.02. The van der Waals surface area contributed by atoms with Crippen LogP contribution in [0.25, 0.3) is 0 Å². The molecule has 1 heterocycles. The quantitative estimate of drug-likeness (QED) is 0.834. The fourth-order valence-corrected chi connectivity index (χ4v) is 3.69.